The highest BCUT2D eigenvalue weighted by atomic mass is 19.4. The second-order valence-corrected chi connectivity index (χ2v) is 3.18. The maximum absolute atomic E-state index is 12.7. The molecule has 0 spiro atoms. The quantitative estimate of drug-likeness (QED) is 0.768. The van der Waals surface area contributed by atoms with Crippen molar-refractivity contribution in [1.29, 1.82) is 0 Å². The van der Waals surface area contributed by atoms with E-state index in [1.165, 1.54) is 0 Å². The van der Waals surface area contributed by atoms with Gasteiger partial charge < -0.3 is 5.11 Å². The van der Waals surface area contributed by atoms with E-state index in [4.69, 9.17) is 5.11 Å². The lowest BCUT2D eigenvalue weighted by molar-refractivity contribution is -0.207. The Morgan fingerprint density at radius 1 is 1.00 bits per heavy atom. The summed E-state index contributed by atoms with van der Waals surface area (Å²) in [5, 5.41) is 8.72. The monoisotopic (exact) mass is 262 g/mol. The van der Waals surface area contributed by atoms with Crippen LogP contribution in [-0.4, -0.2) is 11.3 Å². The fourth-order valence-corrected chi connectivity index (χ4v) is 1.12. The van der Waals surface area contributed by atoms with Crippen molar-refractivity contribution in [3.8, 4) is 0 Å². The predicted octanol–water partition coefficient (Wildman–Crippen LogP) is 3.44. The zero-order valence-electron chi connectivity index (χ0n) is 7.90. The minimum Gasteiger partial charge on any atom is -0.379 e. The fraction of sp³-hybridized carbons (Fsp3) is 0.333. The van der Waals surface area contributed by atoms with Crippen molar-refractivity contribution in [2.24, 2.45) is 0 Å². The highest BCUT2D eigenvalue weighted by Crippen LogP contribution is 2.37. The third kappa shape index (κ3) is 3.09. The molecule has 0 amide bonds. The maximum atomic E-state index is 12.7. The first kappa shape index (κ1) is 13.8. The zero-order valence-corrected chi connectivity index (χ0v) is 7.90. The SMILES string of the molecule is O[C@H](c1ccc(F)c(C(F)(F)F)c1)C(F)(F)F. The van der Waals surface area contributed by atoms with Gasteiger partial charge in [0.1, 0.15) is 5.82 Å². The standard InChI is InChI=1S/C9H5F7O/c10-6-2-1-4(7(17)9(14,15)16)3-5(6)8(11,12)13/h1-3,7,17H/t7-/m1/s1. The van der Waals surface area contributed by atoms with Gasteiger partial charge in [0.05, 0.1) is 5.56 Å². The van der Waals surface area contributed by atoms with Gasteiger partial charge in [0.25, 0.3) is 0 Å². The van der Waals surface area contributed by atoms with Gasteiger partial charge in [-0.05, 0) is 17.7 Å². The molecule has 0 aliphatic carbocycles. The van der Waals surface area contributed by atoms with Gasteiger partial charge in [-0.2, -0.15) is 26.3 Å². The van der Waals surface area contributed by atoms with Crippen molar-refractivity contribution < 1.29 is 35.8 Å². The summed E-state index contributed by atoms with van der Waals surface area (Å²) < 4.78 is 85.4. The molecule has 1 rings (SSSR count). The molecule has 0 aliphatic rings. The number of alkyl halides is 6. The van der Waals surface area contributed by atoms with Crippen molar-refractivity contribution in [2.75, 3.05) is 0 Å². The van der Waals surface area contributed by atoms with Crippen LogP contribution in [0, 0.1) is 5.82 Å². The molecule has 1 nitrogen and oxygen atoms in total. The molecule has 1 aromatic carbocycles. The van der Waals surface area contributed by atoms with Crippen molar-refractivity contribution in [2.45, 2.75) is 18.5 Å². The molecule has 96 valence electrons. The highest BCUT2D eigenvalue weighted by molar-refractivity contribution is 5.29. The van der Waals surface area contributed by atoms with Crippen LogP contribution in [0.25, 0.3) is 0 Å². The van der Waals surface area contributed by atoms with Gasteiger partial charge in [0, 0.05) is 0 Å². The van der Waals surface area contributed by atoms with E-state index in [0.29, 0.717) is 6.07 Å². The lowest BCUT2D eigenvalue weighted by Gasteiger charge is -2.16. The minimum atomic E-state index is -5.12. The molecule has 0 fully saturated rings. The molecule has 1 N–H and O–H groups in total. The number of aliphatic hydroxyl groups excluding tert-OH is 1. The fourth-order valence-electron chi connectivity index (χ4n) is 1.12. The van der Waals surface area contributed by atoms with Crippen LogP contribution in [0.15, 0.2) is 18.2 Å². The van der Waals surface area contributed by atoms with E-state index >= 15 is 0 Å². The van der Waals surface area contributed by atoms with E-state index in [1.54, 1.807) is 0 Å². The average Bonchev–Trinajstić information content (AvgIpc) is 2.14. The Morgan fingerprint density at radius 3 is 1.94 bits per heavy atom. The minimum absolute atomic E-state index is 0.0620. The number of rotatable bonds is 1. The molecule has 1 aromatic rings. The average molecular weight is 262 g/mol. The molecule has 0 saturated heterocycles. The first-order valence-electron chi connectivity index (χ1n) is 4.15. The number of benzene rings is 1. The van der Waals surface area contributed by atoms with Crippen LogP contribution >= 0.6 is 0 Å². The van der Waals surface area contributed by atoms with Crippen LogP contribution in [0.1, 0.15) is 17.2 Å². The summed E-state index contributed by atoms with van der Waals surface area (Å²) in [4.78, 5) is 0. The molecule has 0 radical (unpaired) electrons. The van der Waals surface area contributed by atoms with Gasteiger partial charge in [0.15, 0.2) is 6.10 Å². The Hall–Kier alpha value is -1.31. The van der Waals surface area contributed by atoms with Crippen LogP contribution < -0.4 is 0 Å². The Balaban J connectivity index is 3.23. The van der Waals surface area contributed by atoms with Crippen molar-refractivity contribution in [3.05, 3.63) is 35.1 Å². The van der Waals surface area contributed by atoms with Crippen LogP contribution in [-0.2, 0) is 6.18 Å². The summed E-state index contributed by atoms with van der Waals surface area (Å²) in [5.74, 6) is -1.70. The summed E-state index contributed by atoms with van der Waals surface area (Å²) in [5.41, 5.74) is -2.91. The number of aliphatic hydroxyl groups is 1. The molecule has 0 aliphatic heterocycles. The molecule has 0 unspecified atom stereocenters. The second-order valence-electron chi connectivity index (χ2n) is 3.18. The first-order valence-corrected chi connectivity index (χ1v) is 4.15. The van der Waals surface area contributed by atoms with Crippen LogP contribution in [0.2, 0.25) is 0 Å². The summed E-state index contributed by atoms with van der Waals surface area (Å²) in [6, 6.07) is 0.614. The van der Waals surface area contributed by atoms with Crippen molar-refractivity contribution in [1.82, 2.24) is 0 Å². The molecule has 0 aromatic heterocycles. The van der Waals surface area contributed by atoms with Gasteiger partial charge in [-0.25, -0.2) is 4.39 Å². The molecule has 8 heteroatoms. The summed E-state index contributed by atoms with van der Waals surface area (Å²) in [7, 11) is 0. The first-order chi connectivity index (χ1) is 7.53. The lowest BCUT2D eigenvalue weighted by atomic mass is 10.0. The maximum Gasteiger partial charge on any atom is 0.419 e. The third-order valence-corrected chi connectivity index (χ3v) is 1.92. The van der Waals surface area contributed by atoms with Gasteiger partial charge in [-0.15, -0.1) is 0 Å². The third-order valence-electron chi connectivity index (χ3n) is 1.92. The molecule has 0 heterocycles. The molecule has 0 saturated carbocycles. The second kappa shape index (κ2) is 4.17. The zero-order chi connectivity index (χ0) is 13.4. The Morgan fingerprint density at radius 2 is 1.53 bits per heavy atom. The van der Waals surface area contributed by atoms with Gasteiger partial charge in [0.2, 0.25) is 0 Å². The van der Waals surface area contributed by atoms with E-state index in [1.807, 2.05) is 0 Å². The van der Waals surface area contributed by atoms with E-state index in [0.717, 1.165) is 0 Å². The van der Waals surface area contributed by atoms with Crippen LogP contribution in [0.5, 0.6) is 0 Å². The van der Waals surface area contributed by atoms with Gasteiger partial charge >= 0.3 is 12.4 Å². The number of hydrogen-bond donors (Lipinski definition) is 1. The topological polar surface area (TPSA) is 20.2 Å². The summed E-state index contributed by atoms with van der Waals surface area (Å²) in [6.45, 7) is 0. The largest absolute Gasteiger partial charge is 0.419 e. The smallest absolute Gasteiger partial charge is 0.379 e. The van der Waals surface area contributed by atoms with Crippen molar-refractivity contribution in [3.63, 3.8) is 0 Å². The highest BCUT2D eigenvalue weighted by Gasteiger charge is 2.41. The Bertz CT molecular complexity index is 407. The summed E-state index contributed by atoms with van der Waals surface area (Å²) in [6.07, 6.45) is -13.3. The molecule has 0 bridgehead atoms. The summed E-state index contributed by atoms with van der Waals surface area (Å²) >= 11 is 0. The normalized spacial score (nSPS) is 14.8. The molecular formula is C9H5F7O. The lowest BCUT2D eigenvalue weighted by Crippen LogP contribution is -2.21. The Kier molecular flexibility index (Phi) is 3.37. The van der Waals surface area contributed by atoms with Crippen molar-refractivity contribution >= 4 is 0 Å². The van der Waals surface area contributed by atoms with E-state index < -0.39 is 35.4 Å². The number of hydrogen-bond acceptors (Lipinski definition) is 1. The predicted molar refractivity (Wildman–Crippen MR) is 42.4 cm³/mol. The molecule has 17 heavy (non-hydrogen) atoms. The molecule has 1 atom stereocenters. The van der Waals surface area contributed by atoms with Gasteiger partial charge in [-0.1, -0.05) is 6.07 Å². The number of halogens is 7. The van der Waals surface area contributed by atoms with E-state index in [2.05, 4.69) is 0 Å². The Labute approximate surface area is 90.5 Å². The van der Waals surface area contributed by atoms with E-state index in [-0.39, 0.29) is 12.1 Å². The van der Waals surface area contributed by atoms with E-state index in [9.17, 15) is 30.7 Å². The van der Waals surface area contributed by atoms with Gasteiger partial charge in [-0.3, -0.25) is 0 Å². The van der Waals surface area contributed by atoms with Crippen LogP contribution in [0.3, 0.4) is 0 Å². The molecular weight excluding hydrogens is 257 g/mol. The van der Waals surface area contributed by atoms with Crippen LogP contribution in [0.4, 0.5) is 30.7 Å².